The number of unbranched alkanes of at least 4 members (excludes halogenated alkanes) is 13. The summed E-state index contributed by atoms with van der Waals surface area (Å²) in [5, 5.41) is 4.37. The number of nitrogens with zero attached hydrogens (tertiary/aromatic N) is 1. The Hall–Kier alpha value is -0.0400. The molecular weight excluding hydrogens is 230 g/mol. The fraction of sp³-hybridized carbons (Fsp3) is 1.00. The highest BCUT2D eigenvalue weighted by molar-refractivity contribution is 4.50. The third-order valence-electron chi connectivity index (χ3n) is 3.89. The zero-order chi connectivity index (χ0) is 14.0. The number of rotatable bonds is 16. The van der Waals surface area contributed by atoms with E-state index in [1.54, 1.807) is 0 Å². The highest BCUT2D eigenvalue weighted by atomic mass is 14.8. The molecule has 0 heterocycles. The van der Waals surface area contributed by atoms with Crippen LogP contribution in [-0.4, -0.2) is 13.1 Å². The van der Waals surface area contributed by atoms with Crippen LogP contribution in [0.2, 0.25) is 0 Å². The van der Waals surface area contributed by atoms with Crippen molar-refractivity contribution in [3.63, 3.8) is 0 Å². The predicted octanol–water partition coefficient (Wildman–Crippen LogP) is 6.09. The first-order valence-corrected chi connectivity index (χ1v) is 9.05. The molecule has 1 nitrogen and oxygen atoms in total. The molecule has 0 aromatic heterocycles. The van der Waals surface area contributed by atoms with E-state index >= 15 is 0 Å². The van der Waals surface area contributed by atoms with E-state index < -0.39 is 0 Å². The second-order valence-electron chi connectivity index (χ2n) is 5.86. The van der Waals surface area contributed by atoms with E-state index in [1.165, 1.54) is 89.9 Å². The minimum absolute atomic E-state index is 0.998. The number of hydrogen-bond donors (Lipinski definition) is 0. The SMILES string of the molecule is CCCCCCCCCCCCCCCC[N]CC. The van der Waals surface area contributed by atoms with E-state index in [0.29, 0.717) is 0 Å². The van der Waals surface area contributed by atoms with Gasteiger partial charge < -0.3 is 0 Å². The van der Waals surface area contributed by atoms with Crippen molar-refractivity contribution in [2.45, 2.75) is 104 Å². The molecule has 0 atom stereocenters. The van der Waals surface area contributed by atoms with E-state index in [1.807, 2.05) is 0 Å². The summed E-state index contributed by atoms with van der Waals surface area (Å²) in [4.78, 5) is 0. The summed E-state index contributed by atoms with van der Waals surface area (Å²) in [5.74, 6) is 0. The highest BCUT2D eigenvalue weighted by Gasteiger charge is 1.94. The van der Waals surface area contributed by atoms with Gasteiger partial charge in [0.1, 0.15) is 0 Å². The summed E-state index contributed by atoms with van der Waals surface area (Å²) in [6.07, 6.45) is 20.1. The molecule has 0 aliphatic rings. The van der Waals surface area contributed by atoms with Crippen molar-refractivity contribution in [2.75, 3.05) is 13.1 Å². The molecule has 0 aromatic carbocycles. The second-order valence-corrected chi connectivity index (χ2v) is 5.86. The standard InChI is InChI=1S/C18H38N/c1-3-5-6-7-8-9-10-11-12-13-14-15-16-17-18-19-4-2/h3-18H2,1-2H3. The lowest BCUT2D eigenvalue weighted by Crippen LogP contribution is -2.04. The monoisotopic (exact) mass is 268 g/mol. The first-order valence-electron chi connectivity index (χ1n) is 9.05. The molecule has 0 aliphatic heterocycles. The first-order chi connectivity index (χ1) is 9.41. The second kappa shape index (κ2) is 18.0. The van der Waals surface area contributed by atoms with Crippen LogP contribution in [0.5, 0.6) is 0 Å². The molecule has 0 unspecified atom stereocenters. The Bertz CT molecular complexity index is 129. The maximum Gasteiger partial charge on any atom is 0.0133 e. The summed E-state index contributed by atoms with van der Waals surface area (Å²) in [6.45, 7) is 6.51. The van der Waals surface area contributed by atoms with Gasteiger partial charge >= 0.3 is 0 Å². The smallest absolute Gasteiger partial charge is 0.0133 e. The fourth-order valence-electron chi connectivity index (χ4n) is 2.58. The lowest BCUT2D eigenvalue weighted by atomic mass is 10.0. The Balaban J connectivity index is 2.88. The Labute approximate surface area is 122 Å². The molecule has 0 rings (SSSR count). The number of hydrogen-bond acceptors (Lipinski definition) is 0. The molecule has 0 saturated carbocycles. The quantitative estimate of drug-likeness (QED) is 0.301. The van der Waals surface area contributed by atoms with Gasteiger partial charge in [-0.25, -0.2) is 5.32 Å². The predicted molar refractivity (Wildman–Crippen MR) is 87.9 cm³/mol. The van der Waals surface area contributed by atoms with Gasteiger partial charge in [0, 0.05) is 13.1 Å². The topological polar surface area (TPSA) is 14.1 Å². The van der Waals surface area contributed by atoms with Crippen LogP contribution in [0.25, 0.3) is 0 Å². The van der Waals surface area contributed by atoms with E-state index in [2.05, 4.69) is 19.2 Å². The molecule has 0 saturated heterocycles. The molecule has 0 spiro atoms. The molecule has 0 aliphatic carbocycles. The summed E-state index contributed by atoms with van der Waals surface area (Å²) < 4.78 is 0. The summed E-state index contributed by atoms with van der Waals surface area (Å²) in [7, 11) is 0. The minimum Gasteiger partial charge on any atom is -0.242 e. The van der Waals surface area contributed by atoms with Gasteiger partial charge in [-0.05, 0) is 6.42 Å². The molecule has 1 heteroatoms. The Kier molecular flexibility index (Phi) is 17.9. The third-order valence-corrected chi connectivity index (χ3v) is 3.89. The molecule has 0 aromatic rings. The van der Waals surface area contributed by atoms with Gasteiger partial charge in [0.25, 0.3) is 0 Å². The van der Waals surface area contributed by atoms with E-state index in [0.717, 1.165) is 13.1 Å². The molecular formula is C18H38N. The van der Waals surface area contributed by atoms with Crippen LogP contribution in [0, 0.1) is 0 Å². The van der Waals surface area contributed by atoms with Crippen LogP contribution in [0.3, 0.4) is 0 Å². The zero-order valence-corrected chi connectivity index (χ0v) is 13.8. The van der Waals surface area contributed by atoms with Gasteiger partial charge in [-0.15, -0.1) is 0 Å². The summed E-state index contributed by atoms with van der Waals surface area (Å²) in [5.41, 5.74) is 0. The van der Waals surface area contributed by atoms with Gasteiger partial charge in [0.2, 0.25) is 0 Å². The van der Waals surface area contributed by atoms with Crippen molar-refractivity contribution in [3.05, 3.63) is 0 Å². The Morgan fingerprint density at radius 1 is 0.474 bits per heavy atom. The molecule has 115 valence electrons. The van der Waals surface area contributed by atoms with Gasteiger partial charge in [-0.2, -0.15) is 0 Å². The van der Waals surface area contributed by atoms with Crippen LogP contribution in [0.1, 0.15) is 104 Å². The normalized spacial score (nSPS) is 11.1. The van der Waals surface area contributed by atoms with Gasteiger partial charge in [-0.3, -0.25) is 0 Å². The van der Waals surface area contributed by atoms with Gasteiger partial charge in [0.05, 0.1) is 0 Å². The van der Waals surface area contributed by atoms with Gasteiger partial charge in [0.15, 0.2) is 0 Å². The molecule has 1 radical (unpaired) electrons. The van der Waals surface area contributed by atoms with Crippen LogP contribution in [0.4, 0.5) is 0 Å². The van der Waals surface area contributed by atoms with Crippen molar-refractivity contribution >= 4 is 0 Å². The van der Waals surface area contributed by atoms with Crippen molar-refractivity contribution in [2.24, 2.45) is 0 Å². The third kappa shape index (κ3) is 18.0. The fourth-order valence-corrected chi connectivity index (χ4v) is 2.58. The first kappa shape index (κ1) is 19.0. The summed E-state index contributed by atoms with van der Waals surface area (Å²) in [6, 6.07) is 0. The van der Waals surface area contributed by atoms with Crippen molar-refractivity contribution in [1.82, 2.24) is 5.32 Å². The van der Waals surface area contributed by atoms with Crippen LogP contribution < -0.4 is 5.32 Å². The maximum atomic E-state index is 4.37. The molecule has 19 heavy (non-hydrogen) atoms. The zero-order valence-electron chi connectivity index (χ0n) is 13.8. The lowest BCUT2D eigenvalue weighted by molar-refractivity contribution is 0.530. The average molecular weight is 269 g/mol. The molecule has 0 fully saturated rings. The van der Waals surface area contributed by atoms with E-state index in [4.69, 9.17) is 0 Å². The molecule has 0 N–H and O–H groups in total. The highest BCUT2D eigenvalue weighted by Crippen LogP contribution is 2.12. The van der Waals surface area contributed by atoms with Crippen LogP contribution in [0.15, 0.2) is 0 Å². The van der Waals surface area contributed by atoms with E-state index in [-0.39, 0.29) is 0 Å². The molecule has 0 amide bonds. The molecule has 0 bridgehead atoms. The van der Waals surface area contributed by atoms with Crippen LogP contribution in [-0.2, 0) is 0 Å². The Morgan fingerprint density at radius 2 is 0.842 bits per heavy atom. The summed E-state index contributed by atoms with van der Waals surface area (Å²) >= 11 is 0. The lowest BCUT2D eigenvalue weighted by Gasteiger charge is -2.03. The van der Waals surface area contributed by atoms with Crippen LogP contribution >= 0.6 is 0 Å². The van der Waals surface area contributed by atoms with Crippen molar-refractivity contribution in [3.8, 4) is 0 Å². The maximum absolute atomic E-state index is 4.37. The largest absolute Gasteiger partial charge is 0.242 e. The van der Waals surface area contributed by atoms with Gasteiger partial charge in [-0.1, -0.05) is 97.3 Å². The van der Waals surface area contributed by atoms with Crippen molar-refractivity contribution < 1.29 is 0 Å². The minimum atomic E-state index is 0.998. The van der Waals surface area contributed by atoms with E-state index in [9.17, 15) is 0 Å². The average Bonchev–Trinajstić information content (AvgIpc) is 2.43. The Morgan fingerprint density at radius 3 is 1.21 bits per heavy atom. The van der Waals surface area contributed by atoms with Crippen molar-refractivity contribution in [1.29, 1.82) is 0 Å².